The Hall–Kier alpha value is -1.35. The van der Waals surface area contributed by atoms with Crippen molar-refractivity contribution >= 4 is 5.91 Å². The summed E-state index contributed by atoms with van der Waals surface area (Å²) in [5.74, 6) is 0.295. The number of hydrogen-bond donors (Lipinski definition) is 1. The first-order valence-electron chi connectivity index (χ1n) is 8.28. The summed E-state index contributed by atoms with van der Waals surface area (Å²) in [6, 6.07) is 8.82. The first kappa shape index (κ1) is 14.6. The number of amides is 1. The fourth-order valence-electron chi connectivity index (χ4n) is 4.15. The van der Waals surface area contributed by atoms with Gasteiger partial charge in [-0.2, -0.15) is 0 Å². The number of likely N-dealkylation sites (N-methyl/N-ethyl adjacent to an activating group) is 1. The van der Waals surface area contributed by atoms with Crippen LogP contribution in [0.5, 0.6) is 0 Å². The molecule has 1 fully saturated rings. The topological polar surface area (TPSA) is 32.3 Å². The van der Waals surface area contributed by atoms with E-state index in [4.69, 9.17) is 0 Å². The summed E-state index contributed by atoms with van der Waals surface area (Å²) in [4.78, 5) is 15.1. The molecule has 2 unspecified atom stereocenters. The fraction of sp³-hybridized carbons (Fsp3) is 0.611. The maximum atomic E-state index is 13.1. The minimum Gasteiger partial charge on any atom is -0.337 e. The molecule has 21 heavy (non-hydrogen) atoms. The summed E-state index contributed by atoms with van der Waals surface area (Å²) < 4.78 is 0. The Morgan fingerprint density at radius 1 is 1.43 bits per heavy atom. The number of aryl methyl sites for hydroxylation is 1. The normalized spacial score (nSPS) is 27.6. The maximum absolute atomic E-state index is 13.1. The van der Waals surface area contributed by atoms with Crippen LogP contribution in [0.1, 0.15) is 56.2 Å². The molecule has 2 atom stereocenters. The molecular formula is C18H26N2O. The molecule has 3 heteroatoms. The van der Waals surface area contributed by atoms with E-state index < -0.39 is 0 Å². The van der Waals surface area contributed by atoms with Gasteiger partial charge in [0, 0.05) is 7.05 Å². The number of rotatable bonds is 4. The van der Waals surface area contributed by atoms with Crippen molar-refractivity contribution in [1.29, 1.82) is 0 Å². The summed E-state index contributed by atoms with van der Waals surface area (Å²) in [5, 5.41) is 3.51. The number of hydrogen-bond acceptors (Lipinski definition) is 2. The molecule has 1 saturated heterocycles. The van der Waals surface area contributed by atoms with Crippen LogP contribution in [0.3, 0.4) is 0 Å². The lowest BCUT2D eigenvalue weighted by atomic mass is 9.89. The van der Waals surface area contributed by atoms with E-state index in [1.54, 1.807) is 0 Å². The van der Waals surface area contributed by atoms with Gasteiger partial charge in [-0.1, -0.05) is 37.6 Å². The quantitative estimate of drug-likeness (QED) is 0.922. The second kappa shape index (κ2) is 5.80. The average Bonchev–Trinajstić information content (AvgIpc) is 3.13. The standard InChI is InChI=1S/C18H26N2O/c1-3-11-18(12-6-13-19-18)17(21)20(2)16-10-9-14-7-4-5-8-15(14)16/h4-5,7-8,16,19H,3,6,9-13H2,1-2H3. The van der Waals surface area contributed by atoms with Crippen molar-refractivity contribution < 1.29 is 4.79 Å². The summed E-state index contributed by atoms with van der Waals surface area (Å²) in [6.07, 6.45) is 6.24. The van der Waals surface area contributed by atoms with E-state index in [0.29, 0.717) is 5.91 Å². The van der Waals surface area contributed by atoms with Crippen LogP contribution in [0.4, 0.5) is 0 Å². The predicted molar refractivity (Wildman–Crippen MR) is 85.1 cm³/mol. The predicted octanol–water partition coefficient (Wildman–Crippen LogP) is 3.05. The van der Waals surface area contributed by atoms with Crippen molar-refractivity contribution in [3.63, 3.8) is 0 Å². The molecule has 0 radical (unpaired) electrons. The minimum atomic E-state index is -0.305. The Labute approximate surface area is 127 Å². The molecule has 1 heterocycles. The number of carbonyl (C=O) groups excluding carboxylic acids is 1. The smallest absolute Gasteiger partial charge is 0.243 e. The van der Waals surface area contributed by atoms with Crippen LogP contribution in [0, 0.1) is 0 Å². The van der Waals surface area contributed by atoms with Crippen LogP contribution in [-0.4, -0.2) is 29.9 Å². The van der Waals surface area contributed by atoms with E-state index in [1.165, 1.54) is 11.1 Å². The molecule has 114 valence electrons. The van der Waals surface area contributed by atoms with Gasteiger partial charge in [-0.05, 0) is 49.8 Å². The molecule has 1 aromatic rings. The second-order valence-electron chi connectivity index (χ2n) is 6.53. The van der Waals surface area contributed by atoms with Crippen molar-refractivity contribution in [3.05, 3.63) is 35.4 Å². The molecule has 3 nitrogen and oxygen atoms in total. The van der Waals surface area contributed by atoms with Crippen molar-refractivity contribution in [2.45, 2.75) is 57.0 Å². The Bertz CT molecular complexity index is 520. The van der Waals surface area contributed by atoms with Gasteiger partial charge in [-0.3, -0.25) is 4.79 Å². The highest BCUT2D eigenvalue weighted by atomic mass is 16.2. The lowest BCUT2D eigenvalue weighted by molar-refractivity contribution is -0.139. The highest BCUT2D eigenvalue weighted by Gasteiger charge is 2.43. The van der Waals surface area contributed by atoms with E-state index >= 15 is 0 Å². The van der Waals surface area contributed by atoms with Gasteiger partial charge in [0.25, 0.3) is 0 Å². The number of nitrogens with zero attached hydrogens (tertiary/aromatic N) is 1. The monoisotopic (exact) mass is 286 g/mol. The SMILES string of the molecule is CCCC1(C(=O)N(C)C2CCc3ccccc32)CCCN1. The molecule has 1 amide bonds. The van der Waals surface area contributed by atoms with Crippen LogP contribution in [0.2, 0.25) is 0 Å². The maximum Gasteiger partial charge on any atom is 0.243 e. The molecule has 1 aliphatic heterocycles. The van der Waals surface area contributed by atoms with Gasteiger partial charge in [0.05, 0.1) is 11.6 Å². The van der Waals surface area contributed by atoms with Gasteiger partial charge < -0.3 is 10.2 Å². The third-order valence-corrected chi connectivity index (χ3v) is 5.22. The molecule has 0 saturated carbocycles. The third-order valence-electron chi connectivity index (χ3n) is 5.22. The van der Waals surface area contributed by atoms with Crippen LogP contribution < -0.4 is 5.32 Å². The number of fused-ring (bicyclic) bond motifs is 1. The summed E-state index contributed by atoms with van der Waals surface area (Å²) in [7, 11) is 1.99. The zero-order valence-electron chi connectivity index (χ0n) is 13.2. The highest BCUT2D eigenvalue weighted by molar-refractivity contribution is 5.87. The van der Waals surface area contributed by atoms with Crippen molar-refractivity contribution in [3.8, 4) is 0 Å². The zero-order chi connectivity index (χ0) is 14.9. The first-order valence-corrected chi connectivity index (χ1v) is 8.28. The summed E-state index contributed by atoms with van der Waals surface area (Å²) >= 11 is 0. The van der Waals surface area contributed by atoms with Gasteiger partial charge in [0.1, 0.15) is 0 Å². The van der Waals surface area contributed by atoms with Crippen molar-refractivity contribution in [2.75, 3.05) is 13.6 Å². The Morgan fingerprint density at radius 2 is 2.24 bits per heavy atom. The van der Waals surface area contributed by atoms with Crippen molar-refractivity contribution in [2.24, 2.45) is 0 Å². The Kier molecular flexibility index (Phi) is 4.03. The van der Waals surface area contributed by atoms with Crippen molar-refractivity contribution in [1.82, 2.24) is 10.2 Å². The van der Waals surface area contributed by atoms with Crippen LogP contribution in [0.25, 0.3) is 0 Å². The lowest BCUT2D eigenvalue weighted by Gasteiger charge is -2.36. The Balaban J connectivity index is 1.82. The van der Waals surface area contributed by atoms with Gasteiger partial charge >= 0.3 is 0 Å². The van der Waals surface area contributed by atoms with Crippen LogP contribution in [-0.2, 0) is 11.2 Å². The molecule has 2 aliphatic rings. The highest BCUT2D eigenvalue weighted by Crippen LogP contribution is 2.37. The third kappa shape index (κ3) is 2.48. The molecule has 1 aromatic carbocycles. The average molecular weight is 286 g/mol. The lowest BCUT2D eigenvalue weighted by Crippen LogP contribution is -2.54. The molecule has 3 rings (SSSR count). The molecule has 0 aromatic heterocycles. The summed E-state index contributed by atoms with van der Waals surface area (Å²) in [6.45, 7) is 3.14. The first-order chi connectivity index (χ1) is 10.2. The number of benzene rings is 1. The molecule has 0 spiro atoms. The van der Waals surface area contributed by atoms with Crippen LogP contribution in [0.15, 0.2) is 24.3 Å². The molecule has 1 aliphatic carbocycles. The van der Waals surface area contributed by atoms with E-state index in [1.807, 2.05) is 11.9 Å². The molecule has 1 N–H and O–H groups in total. The number of nitrogens with one attached hydrogen (secondary N) is 1. The Morgan fingerprint density at radius 3 is 2.95 bits per heavy atom. The van der Waals surface area contributed by atoms with E-state index in [2.05, 4.69) is 36.5 Å². The van der Waals surface area contributed by atoms with E-state index in [9.17, 15) is 4.79 Å². The van der Waals surface area contributed by atoms with Crippen LogP contribution >= 0.6 is 0 Å². The fourth-order valence-corrected chi connectivity index (χ4v) is 4.15. The largest absolute Gasteiger partial charge is 0.337 e. The number of carbonyl (C=O) groups is 1. The zero-order valence-corrected chi connectivity index (χ0v) is 13.2. The van der Waals surface area contributed by atoms with Gasteiger partial charge in [-0.25, -0.2) is 0 Å². The van der Waals surface area contributed by atoms with Gasteiger partial charge in [0.2, 0.25) is 5.91 Å². The van der Waals surface area contributed by atoms with E-state index in [-0.39, 0.29) is 11.6 Å². The van der Waals surface area contributed by atoms with Gasteiger partial charge in [0.15, 0.2) is 0 Å². The van der Waals surface area contributed by atoms with E-state index in [0.717, 1.165) is 45.1 Å². The molecule has 0 bridgehead atoms. The second-order valence-corrected chi connectivity index (χ2v) is 6.53. The summed E-state index contributed by atoms with van der Waals surface area (Å²) in [5.41, 5.74) is 2.45. The molecular weight excluding hydrogens is 260 g/mol. The van der Waals surface area contributed by atoms with Gasteiger partial charge in [-0.15, -0.1) is 0 Å². The minimum absolute atomic E-state index is 0.254.